The minimum Gasteiger partial charge on any atom is -0.507 e. The number of benzene rings is 3. The fraction of sp³-hybridized carbons (Fsp3) is 0.446. The molecule has 4 aliphatic heterocycles. The van der Waals surface area contributed by atoms with Gasteiger partial charge in [0.15, 0.2) is 11.6 Å². The summed E-state index contributed by atoms with van der Waals surface area (Å²) in [4.78, 5) is 52.1. The van der Waals surface area contributed by atoms with Gasteiger partial charge in [-0.3, -0.25) is 9.59 Å². The van der Waals surface area contributed by atoms with Crippen LogP contribution >= 0.6 is 0 Å². The highest BCUT2D eigenvalue weighted by atomic mass is 19.1. The molecule has 17 nitrogen and oxygen atoms in total. The number of likely N-dealkylation sites (tertiary alicyclic amines) is 2. The molecule has 4 saturated heterocycles. The maximum atomic E-state index is 14.3. The second-order valence-corrected chi connectivity index (χ2v) is 21.2. The van der Waals surface area contributed by atoms with Crippen LogP contribution in [0.3, 0.4) is 0 Å². The van der Waals surface area contributed by atoms with Gasteiger partial charge in [0, 0.05) is 79.7 Å². The molecule has 7 heterocycles. The Hall–Kier alpha value is -7.18. The number of aromatic hydroxyl groups is 1. The Morgan fingerprint density at radius 2 is 1.49 bits per heavy atom. The number of rotatable bonds is 13. The maximum absolute atomic E-state index is 14.3. The Bertz CT molecular complexity index is 2930. The highest BCUT2D eigenvalue weighted by molar-refractivity contribution is 5.91. The zero-order chi connectivity index (χ0) is 51.0. The van der Waals surface area contributed by atoms with Crippen molar-refractivity contribution < 1.29 is 33.6 Å². The second kappa shape index (κ2) is 21.0. The number of nitrogens with two attached hydrogens (primary N) is 1. The molecule has 5 aliphatic rings. The average Bonchev–Trinajstić information content (AvgIpc) is 4.14. The molecule has 1 saturated carbocycles. The number of phenols is 1. The van der Waals surface area contributed by atoms with Gasteiger partial charge in [-0.1, -0.05) is 61.5 Å². The number of carbonyl (C=O) groups excluding carboxylic acids is 2. The molecule has 18 heteroatoms. The van der Waals surface area contributed by atoms with Crippen LogP contribution in [-0.4, -0.2) is 120 Å². The van der Waals surface area contributed by atoms with Gasteiger partial charge in [0.25, 0.3) is 5.91 Å². The Kier molecular flexibility index (Phi) is 13.9. The molecular weight excluding hydrogens is 942 g/mol. The van der Waals surface area contributed by atoms with E-state index in [1.165, 1.54) is 16.5 Å². The van der Waals surface area contributed by atoms with E-state index >= 15 is 0 Å². The fourth-order valence-electron chi connectivity index (χ4n) is 12.3. The Labute approximate surface area is 429 Å². The van der Waals surface area contributed by atoms with Crippen LogP contribution in [0.2, 0.25) is 0 Å². The van der Waals surface area contributed by atoms with Crippen molar-refractivity contribution in [2.75, 3.05) is 48.3 Å². The van der Waals surface area contributed by atoms with E-state index in [2.05, 4.69) is 35.5 Å². The van der Waals surface area contributed by atoms with Crippen molar-refractivity contribution in [3.63, 3.8) is 0 Å². The van der Waals surface area contributed by atoms with Crippen molar-refractivity contribution in [1.82, 2.24) is 40.6 Å². The fourth-order valence-corrected chi connectivity index (χ4v) is 12.3. The van der Waals surface area contributed by atoms with Gasteiger partial charge in [0.1, 0.15) is 29.3 Å². The number of fused-ring (bicyclic) bond motifs is 2. The summed E-state index contributed by atoms with van der Waals surface area (Å²) < 4.78 is 20.3. The minimum absolute atomic E-state index is 0.00838. The molecule has 5 atom stereocenters. The highest BCUT2D eigenvalue weighted by Crippen LogP contribution is 2.41. The topological polar surface area (TPSA) is 212 Å². The molecule has 386 valence electrons. The van der Waals surface area contributed by atoms with Crippen molar-refractivity contribution in [3.8, 4) is 33.9 Å². The van der Waals surface area contributed by atoms with Crippen molar-refractivity contribution in [2.45, 2.75) is 120 Å². The molecule has 74 heavy (non-hydrogen) atoms. The highest BCUT2D eigenvalue weighted by Gasteiger charge is 2.45. The van der Waals surface area contributed by atoms with Gasteiger partial charge in [0.2, 0.25) is 11.9 Å². The summed E-state index contributed by atoms with van der Waals surface area (Å²) in [5.74, 6) is 0.684. The molecule has 2 bridgehead atoms. The van der Waals surface area contributed by atoms with Gasteiger partial charge in [-0.05, 0) is 124 Å². The number of nitrogen functional groups attached to an aromatic ring is 1. The van der Waals surface area contributed by atoms with Crippen LogP contribution < -0.4 is 25.9 Å². The molecule has 1 aliphatic carbocycles. The molecule has 3 aromatic heterocycles. The van der Waals surface area contributed by atoms with E-state index in [0.717, 1.165) is 94.9 Å². The summed E-state index contributed by atoms with van der Waals surface area (Å²) in [5, 5.41) is 34.2. The number of aromatic nitrogens is 5. The van der Waals surface area contributed by atoms with Crippen molar-refractivity contribution in [2.24, 2.45) is 5.92 Å². The zero-order valence-corrected chi connectivity index (χ0v) is 41.8. The Morgan fingerprint density at radius 1 is 0.811 bits per heavy atom. The van der Waals surface area contributed by atoms with E-state index < -0.39 is 24.0 Å². The van der Waals surface area contributed by atoms with Gasteiger partial charge >= 0.3 is 0 Å². The summed E-state index contributed by atoms with van der Waals surface area (Å²) in [6.07, 6.45) is 11.6. The third-order valence-electron chi connectivity index (χ3n) is 16.3. The van der Waals surface area contributed by atoms with Crippen LogP contribution in [0.1, 0.15) is 106 Å². The number of hydrogen-bond donors (Lipinski definition) is 4. The number of piperidine rings is 1. The predicted molar refractivity (Wildman–Crippen MR) is 276 cm³/mol. The number of anilines is 3. The van der Waals surface area contributed by atoms with Gasteiger partial charge in [0.05, 0.1) is 23.2 Å². The number of halogens is 1. The number of nitrogens with zero attached hydrogens (tertiary/aromatic N) is 9. The monoisotopic (exact) mass is 1010 g/mol. The number of carbonyl (C=O) groups is 2. The number of β-amino-alcohol motifs (C(OH)–C–C–N with tert-alkyl or cyclic N) is 1. The number of aliphatic hydroxyl groups is 1. The van der Waals surface area contributed by atoms with E-state index in [-0.39, 0.29) is 54.4 Å². The summed E-state index contributed by atoms with van der Waals surface area (Å²) in [5.41, 5.74) is 14.1. The summed E-state index contributed by atoms with van der Waals surface area (Å²) in [6, 6.07) is 24.2. The quantitative estimate of drug-likeness (QED) is 0.0821. The normalized spacial score (nSPS) is 23.8. The van der Waals surface area contributed by atoms with Gasteiger partial charge in [-0.15, -0.1) is 10.2 Å². The van der Waals surface area contributed by atoms with Crippen LogP contribution in [0.5, 0.6) is 11.5 Å². The molecule has 5 fully saturated rings. The number of piperazine rings is 1. The number of para-hydroxylation sites is 1. The molecule has 11 rings (SSSR count). The first kappa shape index (κ1) is 49.1. The molecule has 2 amide bonds. The first-order valence-electron chi connectivity index (χ1n) is 26.2. The second-order valence-electron chi connectivity index (χ2n) is 21.2. The summed E-state index contributed by atoms with van der Waals surface area (Å²) in [6.45, 7) is 7.49. The zero-order valence-electron chi connectivity index (χ0n) is 41.8. The van der Waals surface area contributed by atoms with Gasteiger partial charge in [-0.2, -0.15) is 5.48 Å². The number of amides is 2. The summed E-state index contributed by atoms with van der Waals surface area (Å²) >= 11 is 0. The Morgan fingerprint density at radius 3 is 2.18 bits per heavy atom. The number of hydroxylamine groups is 1. The molecule has 2 unspecified atom stereocenters. The maximum Gasteiger partial charge on any atom is 0.275 e. The molecular formula is C56H64FN11O6. The number of hydrogen-bond acceptors (Lipinski definition) is 15. The van der Waals surface area contributed by atoms with E-state index in [9.17, 15) is 24.2 Å². The van der Waals surface area contributed by atoms with Crippen LogP contribution in [0.4, 0.5) is 21.8 Å². The van der Waals surface area contributed by atoms with Crippen LogP contribution in [0, 0.1) is 11.7 Å². The van der Waals surface area contributed by atoms with E-state index in [4.69, 9.17) is 25.1 Å². The van der Waals surface area contributed by atoms with Gasteiger partial charge in [-0.25, -0.2) is 14.4 Å². The Balaban J connectivity index is 0.650. The number of aliphatic hydroxyl groups excluding tert-OH is 1. The van der Waals surface area contributed by atoms with Crippen LogP contribution in [0.15, 0.2) is 102 Å². The standard InChI is InChI=1S/C56H64FN11O6/c1-33(2)52(55(72)67-32-41(69)25-49(67)54(71)64-73-42-19-13-35(14-20-42)43-7-3-5-9-45(43)57)51-27-46(63-74-51)36-11-15-38(16-12-36)65-23-21-34(22-24-65)37-28-59-56(60-29-37)68-39-17-18-40(68)31-66(30-39)48-26-47(61-62-53(48)58)44-8-4-6-10-50(44)70/h3-10,13-14,19-20,26-29,33-34,36,38-41,49,52,69-70H,11-12,15-18,21-25,30-32H2,1-2H3,(H2,58,62)(H,64,71)/t36-,38-,39?,40?,41-,49+,52-/m1/s1. The SMILES string of the molecule is CC(C)[C@@H](C(=O)N1C[C@H](O)C[C@H]1C(=O)NOc1ccc(-c2ccccc2F)cc1)c1cc([C@H]2CC[C@H](N3CCC(c4cnc(N5C6CCC5CN(c5cc(-c7ccccc7O)nnc5N)C6)nc4)CC3)CC2)no1. The molecule has 0 radical (unpaired) electrons. The molecule has 6 aromatic rings. The predicted octanol–water partition coefficient (Wildman–Crippen LogP) is 7.59. The minimum atomic E-state index is -0.950. The lowest BCUT2D eigenvalue weighted by Crippen LogP contribution is -2.54. The largest absolute Gasteiger partial charge is 0.507 e. The molecule has 5 N–H and O–H groups in total. The van der Waals surface area contributed by atoms with Gasteiger partial charge < -0.3 is 44.9 Å². The lowest BCUT2D eigenvalue weighted by atomic mass is 9.81. The third-order valence-corrected chi connectivity index (χ3v) is 16.3. The lowest BCUT2D eigenvalue weighted by Gasteiger charge is -2.42. The molecule has 0 spiro atoms. The number of phenolic OH excluding ortho intramolecular Hbond substituents is 1. The third kappa shape index (κ3) is 9.96. The smallest absolute Gasteiger partial charge is 0.275 e. The van der Waals surface area contributed by atoms with Crippen LogP contribution in [0.25, 0.3) is 22.4 Å². The molecule has 3 aromatic carbocycles. The number of nitrogens with one attached hydrogen (secondary N) is 1. The van der Waals surface area contributed by atoms with E-state index in [1.54, 1.807) is 54.6 Å². The first-order valence-corrected chi connectivity index (χ1v) is 26.2. The summed E-state index contributed by atoms with van der Waals surface area (Å²) in [7, 11) is 0. The van der Waals surface area contributed by atoms with Crippen molar-refractivity contribution in [3.05, 3.63) is 120 Å². The first-order chi connectivity index (χ1) is 35.9. The van der Waals surface area contributed by atoms with E-state index in [1.807, 2.05) is 50.5 Å². The van der Waals surface area contributed by atoms with E-state index in [0.29, 0.717) is 51.7 Å². The lowest BCUT2D eigenvalue weighted by molar-refractivity contribution is -0.143. The van der Waals surface area contributed by atoms with Crippen molar-refractivity contribution in [1.29, 1.82) is 0 Å². The average molecular weight is 1010 g/mol. The van der Waals surface area contributed by atoms with Crippen molar-refractivity contribution >= 4 is 29.3 Å². The van der Waals surface area contributed by atoms with Crippen LogP contribution in [-0.2, 0) is 9.59 Å².